The Morgan fingerprint density at radius 3 is 2.16 bits per heavy atom. The van der Waals surface area contributed by atoms with Gasteiger partial charge in [0.2, 0.25) is 5.91 Å². The maximum atomic E-state index is 13.5. The predicted molar refractivity (Wildman–Crippen MR) is 126 cm³/mol. The van der Waals surface area contributed by atoms with E-state index in [2.05, 4.69) is 5.32 Å². The molecule has 0 radical (unpaired) electrons. The van der Waals surface area contributed by atoms with E-state index in [4.69, 9.17) is 0 Å². The molecule has 3 aromatic carbocycles. The zero-order chi connectivity index (χ0) is 22.6. The van der Waals surface area contributed by atoms with Crippen LogP contribution in [0.5, 0.6) is 0 Å². The van der Waals surface area contributed by atoms with Crippen molar-refractivity contribution < 1.29 is 13.2 Å². The van der Waals surface area contributed by atoms with Gasteiger partial charge in [0.15, 0.2) is 0 Å². The smallest absolute Gasteiger partial charge is 0.264 e. The van der Waals surface area contributed by atoms with Crippen LogP contribution in [-0.2, 0) is 21.2 Å². The molecule has 0 spiro atoms. The number of sulfonamides is 1. The van der Waals surface area contributed by atoms with E-state index in [1.165, 1.54) is 4.31 Å². The molecule has 1 amide bonds. The first-order valence-corrected chi connectivity index (χ1v) is 11.7. The average Bonchev–Trinajstić information content (AvgIpc) is 2.74. The first-order valence-electron chi connectivity index (χ1n) is 10.3. The second-order valence-corrected chi connectivity index (χ2v) is 9.48. The fourth-order valence-electron chi connectivity index (χ4n) is 3.49. The van der Waals surface area contributed by atoms with E-state index in [-0.39, 0.29) is 17.3 Å². The van der Waals surface area contributed by atoms with E-state index in [0.717, 1.165) is 34.4 Å². The van der Waals surface area contributed by atoms with Crippen LogP contribution < -0.4 is 9.62 Å². The summed E-state index contributed by atoms with van der Waals surface area (Å²) in [6, 6.07) is 19.7. The van der Waals surface area contributed by atoms with Gasteiger partial charge in [-0.25, -0.2) is 8.42 Å². The van der Waals surface area contributed by atoms with E-state index in [1.807, 2.05) is 58.0 Å². The monoisotopic (exact) mass is 436 g/mol. The normalized spacial score (nSPS) is 11.2. The molecular formula is C25H28N2O3S. The van der Waals surface area contributed by atoms with Crippen molar-refractivity contribution in [3.63, 3.8) is 0 Å². The van der Waals surface area contributed by atoms with Crippen LogP contribution in [0.2, 0.25) is 0 Å². The predicted octanol–water partition coefficient (Wildman–Crippen LogP) is 5.01. The molecule has 6 heteroatoms. The summed E-state index contributed by atoms with van der Waals surface area (Å²) in [5.74, 6) is -0.386. The van der Waals surface area contributed by atoms with Crippen LogP contribution in [0.25, 0.3) is 0 Å². The molecule has 0 aliphatic rings. The molecule has 31 heavy (non-hydrogen) atoms. The summed E-state index contributed by atoms with van der Waals surface area (Å²) in [6.45, 7) is 7.36. The van der Waals surface area contributed by atoms with Gasteiger partial charge < -0.3 is 5.32 Å². The molecule has 0 heterocycles. The molecule has 0 aliphatic heterocycles. The van der Waals surface area contributed by atoms with Gasteiger partial charge in [0.05, 0.1) is 10.6 Å². The summed E-state index contributed by atoms with van der Waals surface area (Å²) < 4.78 is 28.2. The summed E-state index contributed by atoms with van der Waals surface area (Å²) in [5.41, 5.74) is 4.92. The second-order valence-electron chi connectivity index (χ2n) is 7.62. The molecule has 0 aliphatic carbocycles. The lowest BCUT2D eigenvalue weighted by atomic mass is 10.1. The lowest BCUT2D eigenvalue weighted by Crippen LogP contribution is -2.38. The number of anilines is 2. The number of hydrogen-bond donors (Lipinski definition) is 1. The molecule has 3 rings (SSSR count). The number of hydrogen-bond acceptors (Lipinski definition) is 3. The van der Waals surface area contributed by atoms with Crippen LogP contribution in [0, 0.1) is 20.8 Å². The van der Waals surface area contributed by atoms with Crippen LogP contribution in [0.4, 0.5) is 11.4 Å². The molecular weight excluding hydrogens is 408 g/mol. The van der Waals surface area contributed by atoms with E-state index in [1.54, 1.807) is 36.4 Å². The van der Waals surface area contributed by atoms with Crippen molar-refractivity contribution in [1.82, 2.24) is 0 Å². The highest BCUT2D eigenvalue weighted by Crippen LogP contribution is 2.27. The first-order chi connectivity index (χ1) is 14.7. The van der Waals surface area contributed by atoms with Gasteiger partial charge in [-0.15, -0.1) is 0 Å². The van der Waals surface area contributed by atoms with Gasteiger partial charge in [0.1, 0.15) is 6.54 Å². The quantitative estimate of drug-likeness (QED) is 0.566. The number of carbonyl (C=O) groups is 1. The number of nitrogens with zero attached hydrogens (tertiary/aromatic N) is 1. The number of rotatable bonds is 7. The topological polar surface area (TPSA) is 66.5 Å². The highest BCUT2D eigenvalue weighted by atomic mass is 32.2. The number of aryl methyl sites for hydroxylation is 4. The maximum Gasteiger partial charge on any atom is 0.264 e. The number of amides is 1. The summed E-state index contributed by atoms with van der Waals surface area (Å²) in [4.78, 5) is 13.2. The van der Waals surface area contributed by atoms with Crippen LogP contribution in [-0.4, -0.2) is 20.9 Å². The third-order valence-electron chi connectivity index (χ3n) is 5.28. The highest BCUT2D eigenvalue weighted by molar-refractivity contribution is 7.92. The molecule has 0 saturated carbocycles. The van der Waals surface area contributed by atoms with Crippen LogP contribution in [0.3, 0.4) is 0 Å². The van der Waals surface area contributed by atoms with Crippen molar-refractivity contribution in [2.24, 2.45) is 0 Å². The number of carbonyl (C=O) groups excluding carboxylic acids is 1. The van der Waals surface area contributed by atoms with Gasteiger partial charge in [0, 0.05) is 5.69 Å². The number of para-hydroxylation sites is 2. The summed E-state index contributed by atoms with van der Waals surface area (Å²) in [7, 11) is -3.93. The Kier molecular flexibility index (Phi) is 6.81. The molecule has 0 fully saturated rings. The number of benzene rings is 3. The highest BCUT2D eigenvalue weighted by Gasteiger charge is 2.28. The lowest BCUT2D eigenvalue weighted by molar-refractivity contribution is -0.114. The molecule has 5 nitrogen and oxygen atoms in total. The van der Waals surface area contributed by atoms with Crippen molar-refractivity contribution in [2.75, 3.05) is 16.2 Å². The van der Waals surface area contributed by atoms with Gasteiger partial charge in [-0.3, -0.25) is 9.10 Å². The van der Waals surface area contributed by atoms with Gasteiger partial charge in [-0.1, -0.05) is 61.0 Å². The van der Waals surface area contributed by atoms with E-state index >= 15 is 0 Å². The summed E-state index contributed by atoms with van der Waals surface area (Å²) >= 11 is 0. The minimum absolute atomic E-state index is 0.152. The Morgan fingerprint density at radius 2 is 1.52 bits per heavy atom. The van der Waals surface area contributed by atoms with Crippen LogP contribution in [0.1, 0.15) is 29.2 Å². The lowest BCUT2D eigenvalue weighted by Gasteiger charge is -2.26. The minimum atomic E-state index is -3.93. The Hall–Kier alpha value is -3.12. The van der Waals surface area contributed by atoms with Gasteiger partial charge in [0.25, 0.3) is 10.0 Å². The van der Waals surface area contributed by atoms with Crippen LogP contribution in [0.15, 0.2) is 71.6 Å². The second kappa shape index (κ2) is 9.35. The molecule has 0 atom stereocenters. The van der Waals surface area contributed by atoms with Gasteiger partial charge in [-0.2, -0.15) is 0 Å². The molecule has 0 saturated heterocycles. The molecule has 1 N–H and O–H groups in total. The van der Waals surface area contributed by atoms with Gasteiger partial charge >= 0.3 is 0 Å². The summed E-state index contributed by atoms with van der Waals surface area (Å²) in [6.07, 6.45) is 0.764. The molecule has 162 valence electrons. The molecule has 0 unspecified atom stereocenters. The van der Waals surface area contributed by atoms with Crippen molar-refractivity contribution >= 4 is 27.3 Å². The fourth-order valence-corrected chi connectivity index (χ4v) is 4.98. The third kappa shape index (κ3) is 4.97. The Bertz CT molecular complexity index is 1190. The van der Waals surface area contributed by atoms with E-state index < -0.39 is 10.0 Å². The van der Waals surface area contributed by atoms with Crippen LogP contribution >= 0.6 is 0 Å². The largest absolute Gasteiger partial charge is 0.324 e. The fraction of sp³-hybridized carbons (Fsp3) is 0.240. The SMILES string of the molecule is CCc1cccc(C)c1NC(=O)CN(c1ccccc1C)S(=O)(=O)c1ccc(C)cc1. The first kappa shape index (κ1) is 22.6. The Balaban J connectivity index is 1.99. The average molecular weight is 437 g/mol. The standard InChI is InChI=1S/C25H28N2O3S/c1-5-21-11-8-10-20(4)25(21)26-24(28)17-27(23-12-7-6-9-19(23)3)31(29,30)22-15-13-18(2)14-16-22/h6-16H,5,17H2,1-4H3,(H,26,28). The van der Waals surface area contributed by atoms with Crippen molar-refractivity contribution in [1.29, 1.82) is 0 Å². The molecule has 0 aromatic heterocycles. The number of nitrogens with one attached hydrogen (secondary N) is 1. The van der Waals surface area contributed by atoms with Crippen molar-refractivity contribution in [2.45, 2.75) is 39.0 Å². The van der Waals surface area contributed by atoms with E-state index in [0.29, 0.717) is 5.69 Å². The van der Waals surface area contributed by atoms with Crippen molar-refractivity contribution in [3.05, 3.63) is 89.0 Å². The minimum Gasteiger partial charge on any atom is -0.324 e. The zero-order valence-corrected chi connectivity index (χ0v) is 19.2. The van der Waals surface area contributed by atoms with E-state index in [9.17, 15) is 13.2 Å². The molecule has 3 aromatic rings. The Morgan fingerprint density at radius 1 is 0.871 bits per heavy atom. The summed E-state index contributed by atoms with van der Waals surface area (Å²) in [5, 5.41) is 2.94. The van der Waals surface area contributed by atoms with Crippen molar-refractivity contribution in [3.8, 4) is 0 Å². The third-order valence-corrected chi connectivity index (χ3v) is 7.06. The maximum absolute atomic E-state index is 13.5. The van der Waals surface area contributed by atoms with Gasteiger partial charge in [-0.05, 0) is 62.1 Å². The molecule has 0 bridgehead atoms. The zero-order valence-electron chi connectivity index (χ0n) is 18.3. The Labute approximate surface area is 184 Å².